The highest BCUT2D eigenvalue weighted by atomic mass is 16.5. The van der Waals surface area contributed by atoms with Gasteiger partial charge in [-0.1, -0.05) is 18.2 Å². The van der Waals surface area contributed by atoms with Gasteiger partial charge < -0.3 is 10.5 Å². The molecule has 0 aliphatic heterocycles. The van der Waals surface area contributed by atoms with Crippen molar-refractivity contribution in [3.05, 3.63) is 29.8 Å². The Balaban J connectivity index is 2.82. The van der Waals surface area contributed by atoms with E-state index in [-0.39, 0.29) is 6.02 Å². The van der Waals surface area contributed by atoms with Gasteiger partial charge in [0.25, 0.3) is 0 Å². The van der Waals surface area contributed by atoms with Gasteiger partial charge in [0.2, 0.25) is 6.19 Å². The Hall–Kier alpha value is -2.02. The van der Waals surface area contributed by atoms with Crippen LogP contribution in [0.3, 0.4) is 0 Å². The summed E-state index contributed by atoms with van der Waals surface area (Å²) in [6.07, 6.45) is 1.55. The molecule has 4 heteroatoms. The number of para-hydroxylation sites is 1. The lowest BCUT2D eigenvalue weighted by atomic mass is 10.2. The second-order valence-corrected chi connectivity index (χ2v) is 2.42. The molecular weight excluding hydrogens is 166 g/mol. The molecule has 0 aliphatic rings. The van der Waals surface area contributed by atoms with Crippen molar-refractivity contribution in [3.8, 4) is 11.9 Å². The molecular formula is C9H9N3O. The van der Waals surface area contributed by atoms with Crippen LogP contribution in [-0.4, -0.2) is 6.02 Å². The smallest absolute Gasteiger partial charge is 0.302 e. The topological polar surface area (TPSA) is 71.4 Å². The monoisotopic (exact) mass is 175 g/mol. The average Bonchev–Trinajstić information content (AvgIpc) is 2.09. The lowest BCUT2D eigenvalue weighted by Gasteiger charge is -2.04. The molecule has 2 N–H and O–H groups in total. The van der Waals surface area contributed by atoms with Gasteiger partial charge in [0.1, 0.15) is 5.75 Å². The van der Waals surface area contributed by atoms with Crippen molar-refractivity contribution in [2.75, 3.05) is 0 Å². The summed E-state index contributed by atoms with van der Waals surface area (Å²) in [5, 5.41) is 8.19. The molecule has 0 atom stereocenters. The molecule has 0 fully saturated rings. The van der Waals surface area contributed by atoms with E-state index in [1.165, 1.54) is 0 Å². The van der Waals surface area contributed by atoms with Gasteiger partial charge in [-0.2, -0.15) is 5.26 Å². The van der Waals surface area contributed by atoms with Gasteiger partial charge >= 0.3 is 6.02 Å². The van der Waals surface area contributed by atoms with Gasteiger partial charge in [-0.25, -0.2) is 0 Å². The maximum Gasteiger partial charge on any atom is 0.302 e. The fraction of sp³-hybridized carbons (Fsp3) is 0.111. The minimum absolute atomic E-state index is 0.142. The predicted octanol–water partition coefficient (Wildman–Crippen LogP) is 1.17. The van der Waals surface area contributed by atoms with Gasteiger partial charge in [0, 0.05) is 0 Å². The first-order valence-corrected chi connectivity index (χ1v) is 3.70. The largest absolute Gasteiger partial charge is 0.425 e. The molecule has 0 amide bonds. The molecule has 1 aromatic carbocycles. The van der Waals surface area contributed by atoms with E-state index in [0.717, 1.165) is 5.56 Å². The van der Waals surface area contributed by atoms with Gasteiger partial charge in [-0.05, 0) is 18.6 Å². The SMILES string of the molecule is Cc1ccccc1OC(N)=NC#N. The number of amidine groups is 1. The molecule has 0 unspecified atom stereocenters. The second kappa shape index (κ2) is 4.12. The predicted molar refractivity (Wildman–Crippen MR) is 49.0 cm³/mol. The molecule has 1 rings (SSSR count). The third kappa shape index (κ3) is 2.49. The summed E-state index contributed by atoms with van der Waals surface area (Å²) >= 11 is 0. The van der Waals surface area contributed by atoms with Gasteiger partial charge in [0.05, 0.1) is 0 Å². The van der Waals surface area contributed by atoms with E-state index in [2.05, 4.69) is 4.99 Å². The third-order valence-electron chi connectivity index (χ3n) is 1.47. The average molecular weight is 175 g/mol. The van der Waals surface area contributed by atoms with Crippen LogP contribution in [0.2, 0.25) is 0 Å². The molecule has 4 nitrogen and oxygen atoms in total. The minimum atomic E-state index is -0.142. The van der Waals surface area contributed by atoms with E-state index in [1.54, 1.807) is 12.3 Å². The van der Waals surface area contributed by atoms with Crippen molar-refractivity contribution < 1.29 is 4.74 Å². The first kappa shape index (κ1) is 9.07. The highest BCUT2D eigenvalue weighted by Crippen LogP contribution is 2.15. The number of hydrogen-bond donors (Lipinski definition) is 1. The van der Waals surface area contributed by atoms with Crippen molar-refractivity contribution in [1.82, 2.24) is 0 Å². The fourth-order valence-electron chi connectivity index (χ4n) is 0.856. The molecule has 0 spiro atoms. The maximum absolute atomic E-state index is 8.19. The fourth-order valence-corrected chi connectivity index (χ4v) is 0.856. The maximum atomic E-state index is 8.19. The number of aliphatic imine (C=N–C) groups is 1. The van der Waals surface area contributed by atoms with Crippen LogP contribution in [0.5, 0.6) is 5.75 Å². The van der Waals surface area contributed by atoms with E-state index in [0.29, 0.717) is 5.75 Å². The normalized spacial score (nSPS) is 10.6. The number of nitriles is 1. The van der Waals surface area contributed by atoms with Crippen molar-refractivity contribution >= 4 is 6.02 Å². The number of nitrogens with two attached hydrogens (primary N) is 1. The first-order chi connectivity index (χ1) is 6.24. The molecule has 0 saturated carbocycles. The number of ether oxygens (including phenoxy) is 1. The molecule has 0 saturated heterocycles. The highest BCUT2D eigenvalue weighted by molar-refractivity contribution is 5.75. The van der Waals surface area contributed by atoms with Gasteiger partial charge in [0.15, 0.2) is 0 Å². The van der Waals surface area contributed by atoms with Crippen LogP contribution in [0.25, 0.3) is 0 Å². The summed E-state index contributed by atoms with van der Waals surface area (Å²) < 4.78 is 5.09. The van der Waals surface area contributed by atoms with Gasteiger partial charge in [-0.15, -0.1) is 4.99 Å². The van der Waals surface area contributed by atoms with Crippen LogP contribution in [0.1, 0.15) is 5.56 Å². The Morgan fingerprint density at radius 1 is 1.54 bits per heavy atom. The van der Waals surface area contributed by atoms with Crippen molar-refractivity contribution in [2.45, 2.75) is 6.92 Å². The van der Waals surface area contributed by atoms with E-state index in [1.807, 2.05) is 25.1 Å². The van der Waals surface area contributed by atoms with Crippen LogP contribution in [0.4, 0.5) is 0 Å². The van der Waals surface area contributed by atoms with Crippen molar-refractivity contribution in [3.63, 3.8) is 0 Å². The quantitative estimate of drug-likeness (QED) is 0.395. The van der Waals surface area contributed by atoms with Gasteiger partial charge in [-0.3, -0.25) is 0 Å². The summed E-state index contributed by atoms with van der Waals surface area (Å²) in [6.45, 7) is 1.88. The van der Waals surface area contributed by atoms with Crippen LogP contribution in [-0.2, 0) is 0 Å². The van der Waals surface area contributed by atoms with Crippen LogP contribution >= 0.6 is 0 Å². The molecule has 0 bridgehead atoms. The molecule has 0 aliphatic carbocycles. The summed E-state index contributed by atoms with van der Waals surface area (Å²) in [4.78, 5) is 3.24. The first-order valence-electron chi connectivity index (χ1n) is 3.70. The second-order valence-electron chi connectivity index (χ2n) is 2.42. The highest BCUT2D eigenvalue weighted by Gasteiger charge is 1.99. The molecule has 0 heterocycles. The van der Waals surface area contributed by atoms with Crippen LogP contribution in [0, 0.1) is 18.4 Å². The van der Waals surface area contributed by atoms with E-state index in [9.17, 15) is 0 Å². The number of nitrogens with zero attached hydrogens (tertiary/aromatic N) is 2. The standard InChI is InChI=1S/C9H9N3O/c1-7-4-2-3-5-8(7)13-9(11)12-6-10/h2-5H,1H3,(H2,11,12). The Kier molecular flexibility index (Phi) is 2.87. The zero-order valence-electron chi connectivity index (χ0n) is 7.19. The Bertz CT molecular complexity index is 365. The molecule has 0 aromatic heterocycles. The Morgan fingerprint density at radius 3 is 2.85 bits per heavy atom. The Morgan fingerprint density at radius 2 is 2.23 bits per heavy atom. The molecule has 0 radical (unpaired) electrons. The van der Waals surface area contributed by atoms with E-state index >= 15 is 0 Å². The summed E-state index contributed by atoms with van der Waals surface area (Å²) in [7, 11) is 0. The van der Waals surface area contributed by atoms with Crippen LogP contribution in [0.15, 0.2) is 29.3 Å². The lowest BCUT2D eigenvalue weighted by Crippen LogP contribution is -2.19. The molecule has 1 aromatic rings. The zero-order chi connectivity index (χ0) is 9.68. The minimum Gasteiger partial charge on any atom is -0.425 e. The van der Waals surface area contributed by atoms with Crippen molar-refractivity contribution in [1.29, 1.82) is 5.26 Å². The number of aryl methyl sites for hydroxylation is 1. The zero-order valence-corrected chi connectivity index (χ0v) is 7.19. The number of benzene rings is 1. The lowest BCUT2D eigenvalue weighted by molar-refractivity contribution is 0.538. The molecule has 66 valence electrons. The summed E-state index contributed by atoms with van der Waals surface area (Å²) in [5.74, 6) is 0.610. The third-order valence-corrected chi connectivity index (χ3v) is 1.47. The summed E-state index contributed by atoms with van der Waals surface area (Å²) in [5.41, 5.74) is 6.23. The number of hydrogen-bond acceptors (Lipinski definition) is 3. The van der Waals surface area contributed by atoms with Crippen molar-refractivity contribution in [2.24, 2.45) is 10.7 Å². The van der Waals surface area contributed by atoms with E-state index in [4.69, 9.17) is 15.7 Å². The molecule has 13 heavy (non-hydrogen) atoms. The summed E-state index contributed by atoms with van der Waals surface area (Å²) in [6, 6.07) is 7.21. The van der Waals surface area contributed by atoms with Crippen LogP contribution < -0.4 is 10.5 Å². The number of rotatable bonds is 1. The Labute approximate surface area is 76.3 Å². The van der Waals surface area contributed by atoms with E-state index < -0.39 is 0 Å².